The zero-order valence-electron chi connectivity index (χ0n) is 15.3. The quantitative estimate of drug-likeness (QED) is 0.715. The Hall–Kier alpha value is -2.59. The molecular weight excluding hydrogens is 411 g/mol. The summed E-state index contributed by atoms with van der Waals surface area (Å²) in [5.74, 6) is -0.125. The van der Waals surface area contributed by atoms with Gasteiger partial charge in [0.2, 0.25) is 10.0 Å². The van der Waals surface area contributed by atoms with Gasteiger partial charge in [-0.1, -0.05) is 18.2 Å². The molecule has 0 aromatic heterocycles. The number of carbonyl (C=O) groups excluding carboxylic acids is 1. The smallest absolute Gasteiger partial charge is 0.417 e. The normalized spacial score (nSPS) is 16.3. The van der Waals surface area contributed by atoms with Crippen molar-refractivity contribution < 1.29 is 35.9 Å². The molecule has 0 saturated heterocycles. The van der Waals surface area contributed by atoms with Crippen LogP contribution in [-0.4, -0.2) is 34.1 Å². The van der Waals surface area contributed by atoms with Crippen molar-refractivity contribution in [2.24, 2.45) is 0 Å². The summed E-state index contributed by atoms with van der Waals surface area (Å²) in [5.41, 5.74) is 0.443. The van der Waals surface area contributed by atoms with Crippen molar-refractivity contribution >= 4 is 16.0 Å². The van der Waals surface area contributed by atoms with Crippen molar-refractivity contribution in [2.45, 2.75) is 30.0 Å². The van der Waals surface area contributed by atoms with Crippen molar-refractivity contribution in [1.29, 1.82) is 0 Å². The molecule has 6 nitrogen and oxygen atoms in total. The largest absolute Gasteiger partial charge is 0.482 e. The highest BCUT2D eigenvalue weighted by Crippen LogP contribution is 2.34. The van der Waals surface area contributed by atoms with Gasteiger partial charge < -0.3 is 9.47 Å². The second-order valence-electron chi connectivity index (χ2n) is 6.52. The third-order valence-corrected chi connectivity index (χ3v) is 6.08. The van der Waals surface area contributed by atoms with Gasteiger partial charge in [-0.05, 0) is 48.2 Å². The molecule has 1 aliphatic rings. The molecule has 1 atom stereocenters. The van der Waals surface area contributed by atoms with Crippen LogP contribution >= 0.6 is 0 Å². The van der Waals surface area contributed by atoms with E-state index in [0.29, 0.717) is 12.2 Å². The molecule has 3 rings (SSSR count). The van der Waals surface area contributed by atoms with Crippen LogP contribution in [0.1, 0.15) is 16.7 Å². The zero-order valence-corrected chi connectivity index (χ0v) is 16.1. The van der Waals surface area contributed by atoms with Gasteiger partial charge >= 0.3 is 12.1 Å². The van der Waals surface area contributed by atoms with Crippen LogP contribution in [0.25, 0.3) is 0 Å². The predicted molar refractivity (Wildman–Crippen MR) is 96.9 cm³/mol. The molecule has 0 aliphatic heterocycles. The van der Waals surface area contributed by atoms with E-state index in [0.717, 1.165) is 29.3 Å². The molecule has 0 saturated carbocycles. The Morgan fingerprint density at radius 2 is 1.83 bits per heavy atom. The summed E-state index contributed by atoms with van der Waals surface area (Å²) in [6.07, 6.45) is -4.16. The Balaban J connectivity index is 1.74. The van der Waals surface area contributed by atoms with E-state index in [9.17, 15) is 26.4 Å². The highest BCUT2D eigenvalue weighted by molar-refractivity contribution is 7.89. The highest BCUT2D eigenvalue weighted by Gasteiger charge is 2.38. The second-order valence-corrected chi connectivity index (χ2v) is 8.20. The molecule has 0 heterocycles. The highest BCUT2D eigenvalue weighted by atomic mass is 32.2. The Morgan fingerprint density at radius 1 is 1.14 bits per heavy atom. The van der Waals surface area contributed by atoms with Gasteiger partial charge in [0.15, 0.2) is 6.61 Å². The maximum atomic E-state index is 13.2. The average molecular weight is 429 g/mol. The van der Waals surface area contributed by atoms with E-state index < -0.39 is 38.7 Å². The van der Waals surface area contributed by atoms with Gasteiger partial charge in [-0.2, -0.15) is 13.2 Å². The molecule has 29 heavy (non-hydrogen) atoms. The molecule has 156 valence electrons. The summed E-state index contributed by atoms with van der Waals surface area (Å²) in [5, 5.41) is 0. The number of nitrogens with one attached hydrogen (secondary N) is 1. The Morgan fingerprint density at radius 3 is 2.52 bits per heavy atom. The molecule has 0 spiro atoms. The summed E-state index contributed by atoms with van der Waals surface area (Å²) in [6.45, 7) is -0.264. The van der Waals surface area contributed by atoms with Gasteiger partial charge in [-0.3, -0.25) is 0 Å². The van der Waals surface area contributed by atoms with Gasteiger partial charge in [0.25, 0.3) is 0 Å². The average Bonchev–Trinajstić information content (AvgIpc) is 3.06. The molecule has 2 aromatic carbocycles. The maximum Gasteiger partial charge on any atom is 0.417 e. The van der Waals surface area contributed by atoms with E-state index in [2.05, 4.69) is 9.46 Å². The van der Waals surface area contributed by atoms with Crippen LogP contribution in [0.3, 0.4) is 0 Å². The van der Waals surface area contributed by atoms with Gasteiger partial charge in [0.05, 0.1) is 17.6 Å². The zero-order chi connectivity index (χ0) is 21.2. The monoisotopic (exact) mass is 429 g/mol. The lowest BCUT2D eigenvalue weighted by molar-refractivity contribution is -0.143. The maximum absolute atomic E-state index is 13.2. The first-order valence-corrected chi connectivity index (χ1v) is 10.1. The van der Waals surface area contributed by atoms with Crippen LogP contribution in [0.4, 0.5) is 13.2 Å². The molecule has 1 unspecified atom stereocenters. The van der Waals surface area contributed by atoms with Crippen LogP contribution in [0, 0.1) is 0 Å². The Kier molecular flexibility index (Phi) is 5.85. The number of methoxy groups -OCH3 is 1. The molecule has 0 amide bonds. The van der Waals surface area contributed by atoms with E-state index in [4.69, 9.17) is 4.74 Å². The van der Waals surface area contributed by atoms with Gasteiger partial charge in [0.1, 0.15) is 5.75 Å². The third kappa shape index (κ3) is 4.88. The second kappa shape index (κ2) is 8.03. The number of hydrogen-bond donors (Lipinski definition) is 1. The first-order chi connectivity index (χ1) is 13.6. The van der Waals surface area contributed by atoms with Crippen LogP contribution in [0.5, 0.6) is 5.75 Å². The van der Waals surface area contributed by atoms with Crippen molar-refractivity contribution in [1.82, 2.24) is 4.72 Å². The molecule has 1 aliphatic carbocycles. The minimum Gasteiger partial charge on any atom is -0.482 e. The molecular formula is C19H18F3NO5S. The number of sulfonamides is 1. The van der Waals surface area contributed by atoms with Gasteiger partial charge in [0, 0.05) is 6.04 Å². The molecule has 0 fully saturated rings. The standard InChI is InChI=1S/C19H18F3NO5S/c1-27-18(24)11-28-15-7-6-12-8-14(9-13(12)10-15)23-29(25,26)17-5-3-2-4-16(17)19(20,21)22/h2-7,10,14,23H,8-9,11H2,1H3. The predicted octanol–water partition coefficient (Wildman–Crippen LogP) is 2.70. The number of carbonyl (C=O) groups is 1. The minimum atomic E-state index is -4.78. The van der Waals surface area contributed by atoms with Crippen LogP contribution in [0.15, 0.2) is 47.4 Å². The third-order valence-electron chi connectivity index (χ3n) is 4.50. The van der Waals surface area contributed by atoms with E-state index in [1.807, 2.05) is 0 Å². The van der Waals surface area contributed by atoms with E-state index in [1.165, 1.54) is 13.2 Å². The topological polar surface area (TPSA) is 81.7 Å². The fourth-order valence-corrected chi connectivity index (χ4v) is 4.65. The molecule has 10 heteroatoms. The van der Waals surface area contributed by atoms with E-state index in [-0.39, 0.29) is 13.0 Å². The van der Waals surface area contributed by atoms with Gasteiger partial charge in [-0.15, -0.1) is 0 Å². The fourth-order valence-electron chi connectivity index (χ4n) is 3.19. The minimum absolute atomic E-state index is 0.264. The molecule has 0 radical (unpaired) electrons. The summed E-state index contributed by atoms with van der Waals surface area (Å²) < 4.78 is 76.9. The molecule has 0 bridgehead atoms. The number of fused-ring (bicyclic) bond motifs is 1. The number of ether oxygens (including phenoxy) is 2. The number of benzene rings is 2. The number of rotatable bonds is 6. The van der Waals surface area contributed by atoms with Crippen molar-refractivity contribution in [3.63, 3.8) is 0 Å². The number of hydrogen-bond acceptors (Lipinski definition) is 5. The SMILES string of the molecule is COC(=O)COc1ccc2c(c1)CC(NS(=O)(=O)c1ccccc1C(F)(F)F)C2. The van der Waals surface area contributed by atoms with Crippen molar-refractivity contribution in [3.05, 3.63) is 59.2 Å². The lowest BCUT2D eigenvalue weighted by Crippen LogP contribution is -2.36. The van der Waals surface area contributed by atoms with Gasteiger partial charge in [-0.25, -0.2) is 17.9 Å². The van der Waals surface area contributed by atoms with E-state index in [1.54, 1.807) is 18.2 Å². The fraction of sp³-hybridized carbons (Fsp3) is 0.316. The number of alkyl halides is 3. The number of esters is 1. The van der Waals surface area contributed by atoms with Crippen LogP contribution in [-0.2, 0) is 38.6 Å². The summed E-state index contributed by atoms with van der Waals surface area (Å²) in [7, 11) is -3.13. The summed E-state index contributed by atoms with van der Waals surface area (Å²) in [4.78, 5) is 10.4. The van der Waals surface area contributed by atoms with E-state index >= 15 is 0 Å². The lowest BCUT2D eigenvalue weighted by Gasteiger charge is -2.16. The Labute approximate surface area is 165 Å². The first kappa shape index (κ1) is 21.1. The van der Waals surface area contributed by atoms with Crippen LogP contribution in [0.2, 0.25) is 0 Å². The lowest BCUT2D eigenvalue weighted by atomic mass is 10.1. The van der Waals surface area contributed by atoms with Crippen molar-refractivity contribution in [2.75, 3.05) is 13.7 Å². The van der Waals surface area contributed by atoms with Crippen molar-refractivity contribution in [3.8, 4) is 5.75 Å². The number of halogens is 3. The molecule has 2 aromatic rings. The summed E-state index contributed by atoms with van der Waals surface area (Å²) >= 11 is 0. The first-order valence-electron chi connectivity index (χ1n) is 8.60. The Bertz CT molecular complexity index is 1020. The molecule has 1 N–H and O–H groups in total. The summed E-state index contributed by atoms with van der Waals surface area (Å²) in [6, 6.07) is 8.52. The van der Waals surface area contributed by atoms with Crippen LogP contribution < -0.4 is 9.46 Å².